The molecule has 9 nitrogen and oxygen atoms in total. The SMILES string of the molecule is NC(=O)c1nnn(COCCO)c1C(N)=O. The smallest absolute Gasteiger partial charge is 0.271 e. The van der Waals surface area contributed by atoms with Gasteiger partial charge in [-0.15, -0.1) is 5.10 Å². The van der Waals surface area contributed by atoms with Gasteiger partial charge in [-0.3, -0.25) is 9.59 Å². The molecule has 5 N–H and O–H groups in total. The van der Waals surface area contributed by atoms with Crippen molar-refractivity contribution in [2.45, 2.75) is 6.73 Å². The number of ether oxygens (including phenoxy) is 1. The first-order valence-corrected chi connectivity index (χ1v) is 4.29. The maximum atomic E-state index is 11.0. The number of primary amides is 2. The zero-order valence-electron chi connectivity index (χ0n) is 8.29. The lowest BCUT2D eigenvalue weighted by Gasteiger charge is -2.04. The number of hydrogen-bond acceptors (Lipinski definition) is 6. The number of aromatic nitrogens is 3. The number of nitrogens with zero attached hydrogens (tertiary/aromatic N) is 3. The molecule has 0 radical (unpaired) electrons. The van der Waals surface area contributed by atoms with E-state index in [0.717, 1.165) is 4.68 Å². The van der Waals surface area contributed by atoms with Crippen LogP contribution in [-0.2, 0) is 11.5 Å². The molecule has 16 heavy (non-hydrogen) atoms. The summed E-state index contributed by atoms with van der Waals surface area (Å²) < 4.78 is 5.90. The van der Waals surface area contributed by atoms with Gasteiger partial charge in [-0.2, -0.15) is 0 Å². The number of hydrogen-bond donors (Lipinski definition) is 3. The summed E-state index contributed by atoms with van der Waals surface area (Å²) in [7, 11) is 0. The number of carbonyl (C=O) groups excluding carboxylic acids is 2. The average Bonchev–Trinajstić information content (AvgIpc) is 2.62. The van der Waals surface area contributed by atoms with E-state index in [2.05, 4.69) is 10.3 Å². The fraction of sp³-hybridized carbons (Fsp3) is 0.429. The van der Waals surface area contributed by atoms with Crippen molar-refractivity contribution in [1.29, 1.82) is 0 Å². The number of amides is 2. The van der Waals surface area contributed by atoms with Crippen molar-refractivity contribution in [3.05, 3.63) is 11.4 Å². The molecule has 0 aliphatic carbocycles. The van der Waals surface area contributed by atoms with E-state index < -0.39 is 11.8 Å². The Kier molecular flexibility index (Phi) is 3.91. The number of carbonyl (C=O) groups is 2. The Balaban J connectivity index is 2.92. The van der Waals surface area contributed by atoms with Crippen molar-refractivity contribution >= 4 is 11.8 Å². The van der Waals surface area contributed by atoms with Gasteiger partial charge < -0.3 is 21.3 Å². The summed E-state index contributed by atoms with van der Waals surface area (Å²) in [6, 6.07) is 0. The molecule has 9 heteroatoms. The van der Waals surface area contributed by atoms with Crippen LogP contribution < -0.4 is 11.5 Å². The highest BCUT2D eigenvalue weighted by Gasteiger charge is 2.21. The van der Waals surface area contributed by atoms with Crippen molar-refractivity contribution in [1.82, 2.24) is 15.0 Å². The third-order valence-corrected chi connectivity index (χ3v) is 1.65. The summed E-state index contributed by atoms with van der Waals surface area (Å²) in [6.45, 7) is -0.271. The molecule has 0 saturated heterocycles. The zero-order valence-corrected chi connectivity index (χ0v) is 8.29. The summed E-state index contributed by atoms with van der Waals surface area (Å²) >= 11 is 0. The lowest BCUT2D eigenvalue weighted by atomic mass is 10.3. The standard InChI is InChI=1S/C7H11N5O4/c8-6(14)4-5(7(9)15)12(11-10-4)3-16-2-1-13/h13H,1-3H2,(H2,8,14)(H2,9,15). The Labute approximate surface area is 90.0 Å². The molecule has 0 bridgehead atoms. The van der Waals surface area contributed by atoms with Crippen LogP contribution >= 0.6 is 0 Å². The molecule has 1 heterocycles. The highest BCUT2D eigenvalue weighted by atomic mass is 16.5. The number of aliphatic hydroxyl groups excluding tert-OH is 1. The van der Waals surface area contributed by atoms with Gasteiger partial charge in [0.15, 0.2) is 11.4 Å². The Morgan fingerprint density at radius 3 is 2.56 bits per heavy atom. The van der Waals surface area contributed by atoms with Gasteiger partial charge in [-0.25, -0.2) is 4.68 Å². The van der Waals surface area contributed by atoms with Crippen LogP contribution in [0.1, 0.15) is 21.0 Å². The predicted octanol–water partition coefficient (Wildman–Crippen LogP) is -2.56. The first kappa shape index (κ1) is 12.1. The minimum atomic E-state index is -0.901. The predicted molar refractivity (Wildman–Crippen MR) is 50.1 cm³/mol. The Morgan fingerprint density at radius 1 is 1.38 bits per heavy atom. The van der Waals surface area contributed by atoms with Gasteiger partial charge in [-0.1, -0.05) is 5.21 Å². The van der Waals surface area contributed by atoms with Gasteiger partial charge >= 0.3 is 0 Å². The van der Waals surface area contributed by atoms with Crippen molar-refractivity contribution in [2.75, 3.05) is 13.2 Å². The molecule has 0 aliphatic rings. The molecule has 0 atom stereocenters. The van der Waals surface area contributed by atoms with E-state index >= 15 is 0 Å². The summed E-state index contributed by atoms with van der Waals surface area (Å²) in [5.41, 5.74) is 9.50. The maximum Gasteiger partial charge on any atom is 0.271 e. The van der Waals surface area contributed by atoms with E-state index in [9.17, 15) is 9.59 Å². The van der Waals surface area contributed by atoms with Crippen LogP contribution in [-0.4, -0.2) is 45.1 Å². The van der Waals surface area contributed by atoms with Crippen molar-refractivity contribution in [3.63, 3.8) is 0 Å². The lowest BCUT2D eigenvalue weighted by molar-refractivity contribution is 0.0392. The lowest BCUT2D eigenvalue weighted by Crippen LogP contribution is -2.24. The highest BCUT2D eigenvalue weighted by Crippen LogP contribution is 2.03. The molecule has 0 spiro atoms. The van der Waals surface area contributed by atoms with E-state index in [-0.39, 0.29) is 31.3 Å². The van der Waals surface area contributed by atoms with E-state index in [4.69, 9.17) is 21.3 Å². The first-order chi connectivity index (χ1) is 7.57. The average molecular weight is 229 g/mol. The molecular formula is C7H11N5O4. The third-order valence-electron chi connectivity index (χ3n) is 1.65. The second-order valence-corrected chi connectivity index (χ2v) is 2.78. The van der Waals surface area contributed by atoms with Gasteiger partial charge in [0.25, 0.3) is 11.8 Å². The molecule has 88 valence electrons. The second kappa shape index (κ2) is 5.19. The molecular weight excluding hydrogens is 218 g/mol. The van der Waals surface area contributed by atoms with E-state index in [1.54, 1.807) is 0 Å². The number of rotatable bonds is 6. The molecule has 2 amide bonds. The molecule has 0 aromatic carbocycles. The zero-order chi connectivity index (χ0) is 12.1. The van der Waals surface area contributed by atoms with Crippen molar-refractivity contribution in [2.24, 2.45) is 11.5 Å². The topological polar surface area (TPSA) is 146 Å². The van der Waals surface area contributed by atoms with Gasteiger partial charge in [-0.05, 0) is 0 Å². The second-order valence-electron chi connectivity index (χ2n) is 2.78. The van der Waals surface area contributed by atoms with Crippen LogP contribution in [0.25, 0.3) is 0 Å². The van der Waals surface area contributed by atoms with Crippen LogP contribution in [0, 0.1) is 0 Å². The fourth-order valence-corrected chi connectivity index (χ4v) is 1.03. The summed E-state index contributed by atoms with van der Waals surface area (Å²) in [4.78, 5) is 21.9. The number of aliphatic hydroxyl groups is 1. The molecule has 0 aliphatic heterocycles. The Morgan fingerprint density at radius 2 is 2.06 bits per heavy atom. The Bertz CT molecular complexity index is 401. The third kappa shape index (κ3) is 2.52. The minimum Gasteiger partial charge on any atom is -0.394 e. The van der Waals surface area contributed by atoms with Gasteiger partial charge in [0.2, 0.25) is 0 Å². The summed E-state index contributed by atoms with van der Waals surface area (Å²) in [5.74, 6) is -1.78. The van der Waals surface area contributed by atoms with E-state index in [0.29, 0.717) is 0 Å². The van der Waals surface area contributed by atoms with Crippen LogP contribution in [0.2, 0.25) is 0 Å². The first-order valence-electron chi connectivity index (χ1n) is 4.29. The van der Waals surface area contributed by atoms with Crippen LogP contribution in [0.15, 0.2) is 0 Å². The quantitative estimate of drug-likeness (QED) is 0.457. The number of nitrogens with two attached hydrogens (primary N) is 2. The molecule has 1 aromatic heterocycles. The summed E-state index contributed by atoms with van der Waals surface area (Å²) in [6.07, 6.45) is 0. The Hall–Kier alpha value is -2.00. The molecule has 0 saturated carbocycles. The van der Waals surface area contributed by atoms with Crippen molar-refractivity contribution in [3.8, 4) is 0 Å². The van der Waals surface area contributed by atoms with E-state index in [1.165, 1.54) is 0 Å². The largest absolute Gasteiger partial charge is 0.394 e. The van der Waals surface area contributed by atoms with Crippen LogP contribution in [0.5, 0.6) is 0 Å². The molecule has 1 aromatic rings. The highest BCUT2D eigenvalue weighted by molar-refractivity contribution is 6.03. The molecule has 0 unspecified atom stereocenters. The monoisotopic (exact) mass is 229 g/mol. The van der Waals surface area contributed by atoms with Gasteiger partial charge in [0.1, 0.15) is 6.73 Å². The maximum absolute atomic E-state index is 11.0. The van der Waals surface area contributed by atoms with Crippen LogP contribution in [0.4, 0.5) is 0 Å². The van der Waals surface area contributed by atoms with Crippen LogP contribution in [0.3, 0.4) is 0 Å². The summed E-state index contributed by atoms with van der Waals surface area (Å²) in [5, 5.41) is 15.4. The molecule has 1 rings (SSSR count). The fourth-order valence-electron chi connectivity index (χ4n) is 1.03. The molecule has 0 fully saturated rings. The normalized spacial score (nSPS) is 10.3. The van der Waals surface area contributed by atoms with Gasteiger partial charge in [0, 0.05) is 0 Å². The van der Waals surface area contributed by atoms with E-state index in [1.807, 2.05) is 0 Å². The minimum absolute atomic E-state index is 0.0595. The van der Waals surface area contributed by atoms with Gasteiger partial charge in [0.05, 0.1) is 13.2 Å². The van der Waals surface area contributed by atoms with Crippen molar-refractivity contribution < 1.29 is 19.4 Å².